The molecule has 1 aliphatic rings. The van der Waals surface area contributed by atoms with Crippen LogP contribution in [0.4, 0.5) is 0 Å². The zero-order valence-electron chi connectivity index (χ0n) is 14.9. The van der Waals surface area contributed by atoms with E-state index in [1.807, 2.05) is 42.1 Å². The average molecular weight is 339 g/mol. The van der Waals surface area contributed by atoms with Crippen molar-refractivity contribution in [3.63, 3.8) is 0 Å². The van der Waals surface area contributed by atoms with Gasteiger partial charge in [-0.25, -0.2) is 0 Å². The van der Waals surface area contributed by atoms with Crippen molar-refractivity contribution in [3.05, 3.63) is 58.9 Å². The van der Waals surface area contributed by atoms with E-state index in [1.165, 1.54) is 5.56 Å². The van der Waals surface area contributed by atoms with Crippen LogP contribution in [0.15, 0.2) is 36.7 Å². The summed E-state index contributed by atoms with van der Waals surface area (Å²) in [4.78, 5) is 31.6. The number of rotatable bonds is 4. The van der Waals surface area contributed by atoms with Gasteiger partial charge in [0, 0.05) is 38.6 Å². The number of hydrogen-bond acceptors (Lipinski definition) is 2. The number of amides is 2. The highest BCUT2D eigenvalue weighted by Crippen LogP contribution is 2.14. The van der Waals surface area contributed by atoms with E-state index in [2.05, 4.69) is 23.2 Å². The zero-order valence-corrected chi connectivity index (χ0v) is 14.9. The minimum Gasteiger partial charge on any atom is -0.367 e. The summed E-state index contributed by atoms with van der Waals surface area (Å²) in [7, 11) is 0. The first kappa shape index (κ1) is 17.3. The molecule has 0 unspecified atom stereocenters. The third-order valence-electron chi connectivity index (χ3n) is 4.85. The molecule has 25 heavy (non-hydrogen) atoms. The average Bonchev–Trinajstić information content (AvgIpc) is 3.11. The lowest BCUT2D eigenvalue weighted by molar-refractivity contribution is -0.138. The van der Waals surface area contributed by atoms with Crippen molar-refractivity contribution >= 4 is 11.8 Å². The molecule has 0 atom stereocenters. The summed E-state index contributed by atoms with van der Waals surface area (Å²) in [6.07, 6.45) is 4.53. The smallest absolute Gasteiger partial charge is 0.227 e. The Bertz CT molecular complexity index is 744. The second kappa shape index (κ2) is 7.55. The second-order valence-corrected chi connectivity index (χ2v) is 6.76. The molecule has 0 spiro atoms. The van der Waals surface area contributed by atoms with Gasteiger partial charge in [0.05, 0.1) is 12.8 Å². The fourth-order valence-corrected chi connectivity index (χ4v) is 3.23. The van der Waals surface area contributed by atoms with Gasteiger partial charge < -0.3 is 14.8 Å². The molecule has 0 radical (unpaired) electrons. The van der Waals surface area contributed by atoms with Gasteiger partial charge >= 0.3 is 0 Å². The molecule has 1 N–H and O–H groups in total. The van der Waals surface area contributed by atoms with Crippen LogP contribution in [0.5, 0.6) is 0 Å². The fraction of sp³-hybridized carbons (Fsp3) is 0.400. The first-order chi connectivity index (χ1) is 12.0. The van der Waals surface area contributed by atoms with Crippen molar-refractivity contribution in [1.29, 1.82) is 0 Å². The SMILES string of the molecule is Cc1ccc(C)c(CC(=O)N2CCN(C(=O)Cc3cc[nH]c3)CC2)c1. The molecule has 2 amide bonds. The molecule has 2 aromatic rings. The van der Waals surface area contributed by atoms with E-state index in [4.69, 9.17) is 0 Å². The third kappa shape index (κ3) is 4.29. The van der Waals surface area contributed by atoms with Crippen LogP contribution in [-0.4, -0.2) is 52.8 Å². The monoisotopic (exact) mass is 339 g/mol. The standard InChI is InChI=1S/C20H25N3O2/c1-15-3-4-16(2)18(11-15)13-20(25)23-9-7-22(8-10-23)19(24)12-17-5-6-21-14-17/h3-6,11,14,21H,7-10,12-13H2,1-2H3. The maximum atomic E-state index is 12.6. The maximum absolute atomic E-state index is 12.6. The van der Waals surface area contributed by atoms with Crippen LogP contribution >= 0.6 is 0 Å². The van der Waals surface area contributed by atoms with E-state index >= 15 is 0 Å². The number of aromatic nitrogens is 1. The Morgan fingerprint density at radius 3 is 2.20 bits per heavy atom. The number of nitrogens with zero attached hydrogens (tertiary/aromatic N) is 2. The van der Waals surface area contributed by atoms with Gasteiger partial charge in [0.25, 0.3) is 0 Å². The number of piperazine rings is 1. The lowest BCUT2D eigenvalue weighted by Crippen LogP contribution is -2.51. The van der Waals surface area contributed by atoms with Gasteiger partial charge in [0.2, 0.25) is 11.8 Å². The van der Waals surface area contributed by atoms with E-state index in [-0.39, 0.29) is 11.8 Å². The normalized spacial score (nSPS) is 14.6. The summed E-state index contributed by atoms with van der Waals surface area (Å²) in [6.45, 7) is 6.54. The van der Waals surface area contributed by atoms with Gasteiger partial charge in [-0.3, -0.25) is 9.59 Å². The van der Waals surface area contributed by atoms with Crippen molar-refractivity contribution in [3.8, 4) is 0 Å². The first-order valence-corrected chi connectivity index (χ1v) is 8.76. The predicted octanol–water partition coefficient (Wildman–Crippen LogP) is 2.09. The highest BCUT2D eigenvalue weighted by molar-refractivity contribution is 5.81. The molecule has 1 fully saturated rings. The van der Waals surface area contributed by atoms with Gasteiger partial charge in [0.1, 0.15) is 0 Å². The third-order valence-corrected chi connectivity index (χ3v) is 4.85. The van der Waals surface area contributed by atoms with Crippen molar-refractivity contribution in [2.75, 3.05) is 26.2 Å². The summed E-state index contributed by atoms with van der Waals surface area (Å²) < 4.78 is 0. The van der Waals surface area contributed by atoms with Crippen LogP contribution in [0.2, 0.25) is 0 Å². The molecule has 5 heteroatoms. The molecular weight excluding hydrogens is 314 g/mol. The Kier molecular flexibility index (Phi) is 5.22. The number of nitrogens with one attached hydrogen (secondary N) is 1. The van der Waals surface area contributed by atoms with Crippen molar-refractivity contribution in [2.45, 2.75) is 26.7 Å². The topological polar surface area (TPSA) is 56.4 Å². The summed E-state index contributed by atoms with van der Waals surface area (Å²) in [5, 5.41) is 0. The lowest BCUT2D eigenvalue weighted by atomic mass is 10.0. The van der Waals surface area contributed by atoms with E-state index < -0.39 is 0 Å². The fourth-order valence-electron chi connectivity index (χ4n) is 3.23. The van der Waals surface area contributed by atoms with Crippen LogP contribution < -0.4 is 0 Å². The Morgan fingerprint density at radius 1 is 0.960 bits per heavy atom. The van der Waals surface area contributed by atoms with Crippen LogP contribution in [0.3, 0.4) is 0 Å². The molecule has 1 aromatic carbocycles. The molecule has 0 aliphatic carbocycles. The number of hydrogen-bond donors (Lipinski definition) is 1. The number of benzene rings is 1. The van der Waals surface area contributed by atoms with E-state index in [9.17, 15) is 9.59 Å². The molecule has 1 saturated heterocycles. The zero-order chi connectivity index (χ0) is 17.8. The van der Waals surface area contributed by atoms with Crippen LogP contribution in [0.25, 0.3) is 0 Å². The Hall–Kier alpha value is -2.56. The van der Waals surface area contributed by atoms with Crippen molar-refractivity contribution < 1.29 is 9.59 Å². The molecular formula is C20H25N3O2. The summed E-state index contributed by atoms with van der Waals surface area (Å²) in [5.74, 6) is 0.271. The largest absolute Gasteiger partial charge is 0.367 e. The number of H-pyrrole nitrogens is 1. The highest BCUT2D eigenvalue weighted by Gasteiger charge is 2.24. The van der Waals surface area contributed by atoms with Crippen molar-refractivity contribution in [2.24, 2.45) is 0 Å². The highest BCUT2D eigenvalue weighted by atomic mass is 16.2. The number of carbonyl (C=O) groups excluding carboxylic acids is 2. The molecule has 3 rings (SSSR count). The quantitative estimate of drug-likeness (QED) is 0.927. The number of aromatic amines is 1. The van der Waals surface area contributed by atoms with E-state index in [1.54, 1.807) is 0 Å². The maximum Gasteiger partial charge on any atom is 0.227 e. The summed E-state index contributed by atoms with van der Waals surface area (Å²) in [6, 6.07) is 8.14. The molecule has 1 aromatic heterocycles. The molecule has 1 aliphatic heterocycles. The second-order valence-electron chi connectivity index (χ2n) is 6.76. The van der Waals surface area contributed by atoms with Crippen LogP contribution in [0.1, 0.15) is 22.3 Å². The van der Waals surface area contributed by atoms with E-state index in [0.717, 1.165) is 16.7 Å². The number of carbonyl (C=O) groups is 2. The minimum absolute atomic E-state index is 0.126. The lowest BCUT2D eigenvalue weighted by Gasteiger charge is -2.35. The Balaban J connectivity index is 1.52. The Labute approximate surface area is 148 Å². The molecule has 2 heterocycles. The molecule has 0 bridgehead atoms. The molecule has 0 saturated carbocycles. The first-order valence-electron chi connectivity index (χ1n) is 8.76. The predicted molar refractivity (Wildman–Crippen MR) is 97.3 cm³/mol. The minimum atomic E-state index is 0.126. The Morgan fingerprint density at radius 2 is 1.60 bits per heavy atom. The number of aryl methyl sites for hydroxylation is 2. The van der Waals surface area contributed by atoms with Gasteiger partial charge in [-0.05, 0) is 36.6 Å². The van der Waals surface area contributed by atoms with Crippen molar-refractivity contribution in [1.82, 2.24) is 14.8 Å². The van der Waals surface area contributed by atoms with E-state index in [0.29, 0.717) is 39.0 Å². The summed E-state index contributed by atoms with van der Waals surface area (Å²) >= 11 is 0. The molecule has 5 nitrogen and oxygen atoms in total. The van der Waals surface area contributed by atoms with Crippen LogP contribution in [0, 0.1) is 13.8 Å². The molecule has 132 valence electrons. The van der Waals surface area contributed by atoms with Crippen LogP contribution in [-0.2, 0) is 22.4 Å². The van der Waals surface area contributed by atoms with Gasteiger partial charge in [0.15, 0.2) is 0 Å². The summed E-state index contributed by atoms with van der Waals surface area (Å²) in [5.41, 5.74) is 4.42. The van der Waals surface area contributed by atoms with Gasteiger partial charge in [-0.15, -0.1) is 0 Å². The van der Waals surface area contributed by atoms with Gasteiger partial charge in [-0.2, -0.15) is 0 Å². The van der Waals surface area contributed by atoms with Gasteiger partial charge in [-0.1, -0.05) is 23.8 Å².